The fraction of sp³-hybridized carbons (Fsp3) is 0.526. The first-order valence-electron chi connectivity index (χ1n) is 8.81. The van der Waals surface area contributed by atoms with Gasteiger partial charge in [0.2, 0.25) is 11.8 Å². The first-order chi connectivity index (χ1) is 11.9. The van der Waals surface area contributed by atoms with E-state index < -0.39 is 12.0 Å². The standard InChI is InChI=1S/C19H26N2O4/c1-3-13(2)18(23)21-11-7-10-15(12-21)17(22)20-16(19(24)25)14-8-5-4-6-9-14/h4-6,8-9,13,15-16H,3,7,10-12H2,1-2H3,(H,20,22)(H,24,25). The number of piperidine rings is 1. The molecule has 1 aliphatic rings. The van der Waals surface area contributed by atoms with E-state index in [1.54, 1.807) is 35.2 Å². The number of hydrogen-bond acceptors (Lipinski definition) is 3. The number of amides is 2. The van der Waals surface area contributed by atoms with Gasteiger partial charge >= 0.3 is 5.97 Å². The minimum absolute atomic E-state index is 0.0575. The van der Waals surface area contributed by atoms with Crippen LogP contribution >= 0.6 is 0 Å². The molecule has 6 nitrogen and oxygen atoms in total. The topological polar surface area (TPSA) is 86.7 Å². The van der Waals surface area contributed by atoms with Gasteiger partial charge in [-0.2, -0.15) is 0 Å². The first-order valence-corrected chi connectivity index (χ1v) is 8.81. The summed E-state index contributed by atoms with van der Waals surface area (Å²) in [7, 11) is 0. The molecule has 2 amide bonds. The molecule has 3 atom stereocenters. The van der Waals surface area contributed by atoms with Gasteiger partial charge in [0.1, 0.15) is 0 Å². The summed E-state index contributed by atoms with van der Waals surface area (Å²) >= 11 is 0. The molecule has 0 radical (unpaired) electrons. The summed E-state index contributed by atoms with van der Waals surface area (Å²) < 4.78 is 0. The van der Waals surface area contributed by atoms with Gasteiger partial charge in [-0.15, -0.1) is 0 Å². The van der Waals surface area contributed by atoms with E-state index in [9.17, 15) is 19.5 Å². The Labute approximate surface area is 148 Å². The number of carbonyl (C=O) groups excluding carboxylic acids is 2. The molecule has 0 aliphatic carbocycles. The number of likely N-dealkylation sites (tertiary alicyclic amines) is 1. The summed E-state index contributed by atoms with van der Waals surface area (Å²) in [5.41, 5.74) is 0.534. The molecule has 1 heterocycles. The number of aliphatic carboxylic acids is 1. The molecule has 1 fully saturated rings. The number of rotatable bonds is 6. The number of carbonyl (C=O) groups is 3. The zero-order valence-electron chi connectivity index (χ0n) is 14.8. The molecular weight excluding hydrogens is 320 g/mol. The SMILES string of the molecule is CCC(C)C(=O)N1CCCC(C(=O)NC(C(=O)O)c2ccccc2)C1. The van der Waals surface area contributed by atoms with E-state index in [4.69, 9.17) is 0 Å². The van der Waals surface area contributed by atoms with Crippen LogP contribution in [0.4, 0.5) is 0 Å². The van der Waals surface area contributed by atoms with Crippen molar-refractivity contribution in [3.05, 3.63) is 35.9 Å². The second kappa shape index (κ2) is 8.65. The molecule has 3 unspecified atom stereocenters. The van der Waals surface area contributed by atoms with Gasteiger partial charge in [-0.05, 0) is 24.8 Å². The van der Waals surface area contributed by atoms with Gasteiger partial charge in [-0.25, -0.2) is 4.79 Å². The van der Waals surface area contributed by atoms with Crippen molar-refractivity contribution in [1.29, 1.82) is 0 Å². The lowest BCUT2D eigenvalue weighted by atomic mass is 9.94. The fourth-order valence-electron chi connectivity index (χ4n) is 3.07. The molecule has 0 saturated carbocycles. The first kappa shape index (κ1) is 19.0. The van der Waals surface area contributed by atoms with Crippen molar-refractivity contribution >= 4 is 17.8 Å². The highest BCUT2D eigenvalue weighted by atomic mass is 16.4. The average Bonchev–Trinajstić information content (AvgIpc) is 2.65. The van der Waals surface area contributed by atoms with Crippen molar-refractivity contribution in [2.24, 2.45) is 11.8 Å². The summed E-state index contributed by atoms with van der Waals surface area (Å²) in [5.74, 6) is -1.76. The van der Waals surface area contributed by atoms with Gasteiger partial charge in [-0.3, -0.25) is 9.59 Å². The highest BCUT2D eigenvalue weighted by Gasteiger charge is 2.32. The fourth-order valence-corrected chi connectivity index (χ4v) is 3.07. The molecule has 1 aromatic carbocycles. The number of hydrogen-bond donors (Lipinski definition) is 2. The van der Waals surface area contributed by atoms with E-state index in [1.807, 2.05) is 13.8 Å². The van der Waals surface area contributed by atoms with E-state index in [1.165, 1.54) is 0 Å². The number of carboxylic acids is 1. The molecule has 1 aromatic rings. The number of benzene rings is 1. The van der Waals surface area contributed by atoms with Crippen LogP contribution in [-0.2, 0) is 14.4 Å². The molecule has 25 heavy (non-hydrogen) atoms. The second-order valence-electron chi connectivity index (χ2n) is 6.62. The Hall–Kier alpha value is -2.37. The zero-order chi connectivity index (χ0) is 18.4. The second-order valence-corrected chi connectivity index (χ2v) is 6.62. The van der Waals surface area contributed by atoms with E-state index in [-0.39, 0.29) is 23.7 Å². The number of nitrogens with one attached hydrogen (secondary N) is 1. The van der Waals surface area contributed by atoms with Crippen molar-refractivity contribution in [3.8, 4) is 0 Å². The van der Waals surface area contributed by atoms with Crippen LogP contribution in [-0.4, -0.2) is 40.9 Å². The van der Waals surface area contributed by atoms with Crippen molar-refractivity contribution in [1.82, 2.24) is 10.2 Å². The van der Waals surface area contributed by atoms with Crippen LogP contribution in [0.3, 0.4) is 0 Å². The van der Waals surface area contributed by atoms with Gasteiger partial charge in [0.15, 0.2) is 6.04 Å². The molecule has 0 bridgehead atoms. The van der Waals surface area contributed by atoms with Crippen LogP contribution in [0, 0.1) is 11.8 Å². The third-order valence-electron chi connectivity index (χ3n) is 4.80. The average molecular weight is 346 g/mol. The van der Waals surface area contributed by atoms with Gasteiger partial charge in [0, 0.05) is 19.0 Å². The van der Waals surface area contributed by atoms with Crippen LogP contribution in [0.15, 0.2) is 30.3 Å². The highest BCUT2D eigenvalue weighted by Crippen LogP contribution is 2.21. The predicted octanol–water partition coefficient (Wildman–Crippen LogP) is 2.21. The molecule has 0 spiro atoms. The van der Waals surface area contributed by atoms with Crippen molar-refractivity contribution < 1.29 is 19.5 Å². The Kier molecular flexibility index (Phi) is 6.56. The van der Waals surface area contributed by atoms with E-state index in [2.05, 4.69) is 5.32 Å². The van der Waals surface area contributed by atoms with Gasteiger partial charge in [-0.1, -0.05) is 44.2 Å². The molecule has 1 aliphatic heterocycles. The van der Waals surface area contributed by atoms with E-state index in [0.29, 0.717) is 25.1 Å². The number of carboxylic acid groups (broad SMARTS) is 1. The molecular formula is C19H26N2O4. The van der Waals surface area contributed by atoms with E-state index in [0.717, 1.165) is 12.8 Å². The maximum atomic E-state index is 12.6. The van der Waals surface area contributed by atoms with Crippen molar-refractivity contribution in [2.45, 2.75) is 39.2 Å². The third kappa shape index (κ3) is 4.81. The molecule has 136 valence electrons. The molecule has 1 saturated heterocycles. The third-order valence-corrected chi connectivity index (χ3v) is 4.80. The van der Waals surface area contributed by atoms with E-state index >= 15 is 0 Å². The maximum Gasteiger partial charge on any atom is 0.330 e. The zero-order valence-corrected chi connectivity index (χ0v) is 14.8. The maximum absolute atomic E-state index is 12.6. The lowest BCUT2D eigenvalue weighted by Gasteiger charge is -2.34. The van der Waals surface area contributed by atoms with Crippen LogP contribution in [0.2, 0.25) is 0 Å². The highest BCUT2D eigenvalue weighted by molar-refractivity contribution is 5.86. The lowest BCUT2D eigenvalue weighted by Crippen LogP contribution is -2.48. The largest absolute Gasteiger partial charge is 0.479 e. The van der Waals surface area contributed by atoms with Crippen LogP contribution in [0.1, 0.15) is 44.7 Å². The minimum atomic E-state index is -1.09. The summed E-state index contributed by atoms with van der Waals surface area (Å²) in [6, 6.07) is 7.56. The van der Waals surface area contributed by atoms with Gasteiger partial charge < -0.3 is 15.3 Å². The summed E-state index contributed by atoms with van der Waals surface area (Å²) in [4.78, 5) is 38.2. The summed E-state index contributed by atoms with van der Waals surface area (Å²) in [6.07, 6.45) is 2.18. The minimum Gasteiger partial charge on any atom is -0.479 e. The Bertz CT molecular complexity index is 617. The Morgan fingerprint density at radius 2 is 1.96 bits per heavy atom. The summed E-state index contributed by atoms with van der Waals surface area (Å²) in [5, 5.41) is 12.1. The van der Waals surface area contributed by atoms with Crippen LogP contribution in [0.25, 0.3) is 0 Å². The predicted molar refractivity (Wildman–Crippen MR) is 93.7 cm³/mol. The molecule has 6 heteroatoms. The van der Waals surface area contributed by atoms with Crippen molar-refractivity contribution in [2.75, 3.05) is 13.1 Å². The van der Waals surface area contributed by atoms with Crippen molar-refractivity contribution in [3.63, 3.8) is 0 Å². The summed E-state index contributed by atoms with van der Waals surface area (Å²) in [6.45, 7) is 4.88. The van der Waals surface area contributed by atoms with Crippen LogP contribution < -0.4 is 5.32 Å². The number of nitrogens with zero attached hydrogens (tertiary/aromatic N) is 1. The lowest BCUT2D eigenvalue weighted by molar-refractivity contribution is -0.144. The Morgan fingerprint density at radius 3 is 2.56 bits per heavy atom. The molecule has 0 aromatic heterocycles. The normalized spacial score (nSPS) is 19.8. The van der Waals surface area contributed by atoms with Gasteiger partial charge in [0.25, 0.3) is 0 Å². The van der Waals surface area contributed by atoms with Crippen LogP contribution in [0.5, 0.6) is 0 Å². The Balaban J connectivity index is 2.03. The monoisotopic (exact) mass is 346 g/mol. The molecule has 2 rings (SSSR count). The quantitative estimate of drug-likeness (QED) is 0.827. The molecule has 2 N–H and O–H groups in total. The van der Waals surface area contributed by atoms with Gasteiger partial charge in [0.05, 0.1) is 5.92 Å². The smallest absolute Gasteiger partial charge is 0.330 e. The Morgan fingerprint density at radius 1 is 1.28 bits per heavy atom.